The molecule has 656 valence electrons. The van der Waals surface area contributed by atoms with E-state index in [1.807, 2.05) is 183 Å². The number of para-hydroxylation sites is 1. The van der Waals surface area contributed by atoms with Gasteiger partial charge in [-0.15, -0.1) is 23.1 Å². The molecule has 22 rings (SSSR count). The molecule has 18 aromatic rings. The molecule has 13 heterocycles. The van der Waals surface area contributed by atoms with Gasteiger partial charge in [-0.2, -0.15) is 0 Å². The van der Waals surface area contributed by atoms with Crippen molar-refractivity contribution < 1.29 is 44.1 Å². The second-order valence-electron chi connectivity index (χ2n) is 33.2. The predicted molar refractivity (Wildman–Crippen MR) is 506 cm³/mol. The van der Waals surface area contributed by atoms with E-state index < -0.39 is 36.5 Å². The summed E-state index contributed by atoms with van der Waals surface area (Å²) >= 11 is 3.29. The third-order valence-electron chi connectivity index (χ3n) is 25.0. The minimum Gasteiger partial charge on any atom is -0.481 e. The molecular formula is C102H93N13O13S2. The Bertz CT molecular complexity index is 7290. The molecule has 0 saturated carbocycles. The fraction of sp³-hybridized carbons (Fsp3) is 0.265. The number of aryl methyl sites for hydroxylation is 1. The van der Waals surface area contributed by atoms with Crippen LogP contribution in [0.4, 0.5) is 0 Å². The van der Waals surface area contributed by atoms with E-state index in [2.05, 4.69) is 76.3 Å². The monoisotopic (exact) mass is 1770 g/mol. The topological polar surface area (TPSA) is 331 Å². The Labute approximate surface area is 753 Å². The molecule has 9 aromatic carbocycles. The summed E-state index contributed by atoms with van der Waals surface area (Å²) < 4.78 is 34.2. The summed E-state index contributed by atoms with van der Waals surface area (Å²) in [5, 5.41) is 53.9. The highest BCUT2D eigenvalue weighted by atomic mass is 32.2. The highest BCUT2D eigenvalue weighted by molar-refractivity contribution is 7.98. The van der Waals surface area contributed by atoms with Gasteiger partial charge in [0.05, 0.1) is 177 Å². The van der Waals surface area contributed by atoms with Crippen molar-refractivity contribution in [2.24, 2.45) is 0 Å². The van der Waals surface area contributed by atoms with Crippen LogP contribution in [-0.2, 0) is 44.6 Å². The van der Waals surface area contributed by atoms with Crippen molar-refractivity contribution in [3.05, 3.63) is 335 Å². The lowest BCUT2D eigenvalue weighted by molar-refractivity contribution is -0.0395. The number of rotatable bonds is 15. The van der Waals surface area contributed by atoms with Crippen LogP contribution in [0.3, 0.4) is 0 Å². The van der Waals surface area contributed by atoms with Gasteiger partial charge in [0.1, 0.15) is 0 Å². The van der Waals surface area contributed by atoms with Crippen molar-refractivity contribution in [3.8, 4) is 17.1 Å². The van der Waals surface area contributed by atoms with Crippen molar-refractivity contribution >= 4 is 120 Å². The van der Waals surface area contributed by atoms with Crippen LogP contribution in [0.1, 0.15) is 99.5 Å². The standard InChI is InChI=1S/C29H26N4O3.C25H21N3O3S.C24H23N3O4.C24H23N3O3S/c1-18-12-20(8-10-30-18)25-7-6-19(15-31-25)13-21-14-24-28(23-5-3-2-4-22(21)23)32-17-33(29(24)35)26-9-11-36-16-27(26)34;29-21-13-31-10-9-20(21)28-14-26-24-17-6-2-1-5-16(17)15(11-18(24)25(28)30)12-23-27-19-7-3-4-8-22(19)32-23;1-30-22-7-6-15(12-25-22)10-16-11-19-23(18-5-3-2-4-17(16)18)26-14-27(24(19)29)20-13-31-9-8-21(20)28;1-31-22-7-6-15(12-25-22)10-16-11-19-23(18-5-3-2-4-17(16)18)26-14-27(24(19)29)20-13-30-9-8-21(20)28/h2-8,10,12,14-15,17,26-27,34H,9,11,13,16H2,1H3;1-8,11,14,20-21,29H,9-10,12-13H2;2*2-7,11-12,14,20-21,28H,8-10,13H2,1H3/t26-,27-;3*20-,21-/m0000/s1. The molecule has 130 heavy (non-hydrogen) atoms. The third kappa shape index (κ3) is 17.7. The lowest BCUT2D eigenvalue weighted by Gasteiger charge is -2.29. The number of thioether (sulfide) groups is 1. The first-order valence-electron chi connectivity index (χ1n) is 43.5. The minimum atomic E-state index is -0.732. The Kier molecular flexibility index (Phi) is 25.4. The van der Waals surface area contributed by atoms with Crippen LogP contribution in [0.25, 0.3) is 108 Å². The molecule has 4 aliphatic rings. The van der Waals surface area contributed by atoms with E-state index in [1.54, 1.807) is 70.7 Å². The number of pyridine rings is 4. The third-order valence-corrected chi connectivity index (χ3v) is 26.7. The normalized spacial score (nSPS) is 18.8. The van der Waals surface area contributed by atoms with Crippen LogP contribution < -0.4 is 27.0 Å². The summed E-state index contributed by atoms with van der Waals surface area (Å²) in [6, 6.07) is 62.5. The number of aromatic nitrogens is 13. The molecule has 8 atom stereocenters. The zero-order valence-electron chi connectivity index (χ0n) is 71.6. The SMILES string of the molecule is COc1ccc(Cc2cc3c(=O)n([C@H]4COCC[C@@H]4O)cnc3c3ccccc23)cn1.CSc1ccc(Cc2cc3c(=O)n([C@H]4COCC[C@@H]4O)cnc3c3ccccc23)cn1.Cc1cc(-c2ccc(Cc3cc4c(=O)n([C@H]5CCOC[C@@H]5O)cnc4c4ccccc34)cn2)ccn1.O=c1c2cc(Cc3nc4ccccc4s3)c3ccccc3c2ncn1[C@H]1CCOC[C@@H]1O. The predicted octanol–water partition coefficient (Wildman–Crippen LogP) is 14.7. The number of nitrogens with zero attached hydrogens (tertiary/aromatic N) is 13. The number of methoxy groups -OCH3 is 1. The molecule has 4 fully saturated rings. The van der Waals surface area contributed by atoms with Gasteiger partial charge in [-0.1, -0.05) is 127 Å². The molecule has 0 aliphatic carbocycles. The summed E-state index contributed by atoms with van der Waals surface area (Å²) in [5.41, 5.74) is 13.3. The number of fused-ring (bicyclic) bond motifs is 13. The van der Waals surface area contributed by atoms with Crippen molar-refractivity contribution in [2.45, 2.75) is 112 Å². The number of benzene rings is 9. The average Bonchev–Trinajstić information content (AvgIpc) is 0.809. The zero-order chi connectivity index (χ0) is 89.0. The summed E-state index contributed by atoms with van der Waals surface area (Å²) in [5.74, 6) is 0.562. The van der Waals surface area contributed by atoms with Crippen molar-refractivity contribution in [2.75, 3.05) is 66.2 Å². The van der Waals surface area contributed by atoms with E-state index in [4.69, 9.17) is 28.7 Å². The Morgan fingerprint density at radius 1 is 0.392 bits per heavy atom. The van der Waals surface area contributed by atoms with Gasteiger partial charge in [0.15, 0.2) is 0 Å². The molecule has 0 radical (unpaired) electrons. The highest BCUT2D eigenvalue weighted by Gasteiger charge is 2.32. The van der Waals surface area contributed by atoms with Crippen LogP contribution in [-0.4, -0.2) is 174 Å². The molecule has 9 aromatic heterocycles. The van der Waals surface area contributed by atoms with E-state index in [-0.39, 0.29) is 47.5 Å². The fourth-order valence-corrected chi connectivity index (χ4v) is 19.6. The van der Waals surface area contributed by atoms with Crippen LogP contribution >= 0.6 is 23.1 Å². The first-order valence-corrected chi connectivity index (χ1v) is 45.5. The number of aliphatic hydroxyl groups excluding tert-OH is 4. The molecule has 28 heteroatoms. The molecule has 4 N–H and O–H groups in total. The minimum absolute atomic E-state index is 0.128. The lowest BCUT2D eigenvalue weighted by atomic mass is 9.96. The first kappa shape index (κ1) is 86.3. The van der Waals surface area contributed by atoms with Gasteiger partial charge in [-0.3, -0.25) is 47.4 Å². The quantitative estimate of drug-likeness (QED) is 0.0547. The number of ether oxygens (including phenoxy) is 5. The Morgan fingerprint density at radius 2 is 0.785 bits per heavy atom. The number of hydrogen-bond acceptors (Lipinski definition) is 24. The molecule has 4 saturated heterocycles. The molecule has 4 aliphatic heterocycles. The molecule has 26 nitrogen and oxygen atoms in total. The zero-order valence-corrected chi connectivity index (χ0v) is 73.3. The van der Waals surface area contributed by atoms with Gasteiger partial charge in [0, 0.05) is 96.5 Å². The van der Waals surface area contributed by atoms with Gasteiger partial charge >= 0.3 is 0 Å². The second-order valence-corrected chi connectivity index (χ2v) is 35.1. The van der Waals surface area contributed by atoms with Gasteiger partial charge in [0.25, 0.3) is 22.2 Å². The van der Waals surface area contributed by atoms with Crippen molar-refractivity contribution in [1.29, 1.82) is 0 Å². The summed E-state index contributed by atoms with van der Waals surface area (Å²) in [4.78, 5) is 95.1. The highest BCUT2D eigenvalue weighted by Crippen LogP contribution is 2.37. The van der Waals surface area contributed by atoms with E-state index in [1.165, 1.54) is 15.5 Å². The van der Waals surface area contributed by atoms with Crippen molar-refractivity contribution in [3.63, 3.8) is 0 Å². The second kappa shape index (κ2) is 38.3. The number of hydrogen-bond donors (Lipinski definition) is 4. The van der Waals surface area contributed by atoms with Crippen LogP contribution in [0.5, 0.6) is 5.88 Å². The van der Waals surface area contributed by atoms with Crippen LogP contribution in [0.15, 0.2) is 268 Å². The maximum absolute atomic E-state index is 13.6. The largest absolute Gasteiger partial charge is 0.481 e. The molecule has 0 spiro atoms. The van der Waals surface area contributed by atoms with E-state index in [9.17, 15) is 39.6 Å². The molecule has 0 bridgehead atoms. The fourth-order valence-electron chi connectivity index (χ4n) is 18.2. The lowest BCUT2D eigenvalue weighted by Crippen LogP contribution is -2.39. The van der Waals surface area contributed by atoms with E-state index in [0.717, 1.165) is 119 Å². The first-order chi connectivity index (χ1) is 63.6. The average molecular weight is 1770 g/mol. The maximum Gasteiger partial charge on any atom is 0.261 e. The van der Waals surface area contributed by atoms with Crippen molar-refractivity contribution in [1.82, 2.24) is 63.1 Å². The van der Waals surface area contributed by atoms with Gasteiger partial charge < -0.3 is 44.1 Å². The van der Waals surface area contributed by atoms with E-state index >= 15 is 0 Å². The summed E-state index contributed by atoms with van der Waals surface area (Å²) in [6.07, 6.45) is 17.6. The van der Waals surface area contributed by atoms with Gasteiger partial charge in [-0.25, -0.2) is 34.9 Å². The molecule has 0 amide bonds. The summed E-state index contributed by atoms with van der Waals surface area (Å²) in [7, 11) is 1.59. The van der Waals surface area contributed by atoms with Crippen LogP contribution in [0, 0.1) is 6.92 Å². The smallest absolute Gasteiger partial charge is 0.261 e. The Hall–Kier alpha value is -13.1. The Morgan fingerprint density at radius 3 is 1.17 bits per heavy atom. The van der Waals surface area contributed by atoms with Gasteiger partial charge in [-0.05, 0) is 179 Å². The molecular weight excluding hydrogens is 1680 g/mol. The van der Waals surface area contributed by atoms with Crippen LogP contribution in [0.2, 0.25) is 0 Å². The number of thiazole rings is 1. The van der Waals surface area contributed by atoms with Gasteiger partial charge in [0.2, 0.25) is 5.88 Å². The summed E-state index contributed by atoms with van der Waals surface area (Å²) in [6.45, 7) is 5.06. The molecule has 0 unspecified atom stereocenters. The van der Waals surface area contributed by atoms with E-state index in [0.29, 0.717) is 140 Å². The maximum atomic E-state index is 13.6. The Balaban J connectivity index is 0.000000113. The number of aliphatic hydroxyl groups is 4.